The first-order valence-electron chi connectivity index (χ1n) is 14.0. The molecule has 1 saturated heterocycles. The number of aryl methyl sites for hydroxylation is 2. The third kappa shape index (κ3) is 5.06. The number of thiocarbonyl (C=S) groups is 1. The molecule has 2 aromatic heterocycles. The second-order valence-electron chi connectivity index (χ2n) is 10.9. The lowest BCUT2D eigenvalue weighted by Gasteiger charge is -2.30. The maximum Gasteiger partial charge on any atom is 0.174 e. The van der Waals surface area contributed by atoms with Crippen LogP contribution in [0.1, 0.15) is 78.4 Å². The van der Waals surface area contributed by atoms with Crippen LogP contribution in [0.25, 0.3) is 0 Å². The Morgan fingerprint density at radius 1 is 0.872 bits per heavy atom. The minimum Gasteiger partial charge on any atom is -0.457 e. The Kier molecular flexibility index (Phi) is 7.13. The van der Waals surface area contributed by atoms with Gasteiger partial charge < -0.3 is 19.5 Å². The predicted octanol–water partition coefficient (Wildman–Crippen LogP) is 8.28. The van der Waals surface area contributed by atoms with Gasteiger partial charge in [0.15, 0.2) is 5.11 Å². The number of pyridine rings is 1. The standard InChI is InChI=1S/C33H36N4OS/c1-22-12-16-27(17-13-22)38-28-18-14-26(15-19-28)37-32(31(35-33(37)39)30-11-7-8-20-34-30)29-21-23(2)36(24(29)3)25-9-5-4-6-10-25/h7-8,11-21,25,31-32H,4-6,9-10H2,1-3H3,(H,35,39)/t31-,32+/m1/s1. The smallest absolute Gasteiger partial charge is 0.174 e. The molecule has 0 radical (unpaired) electrons. The molecular formula is C33H36N4OS. The SMILES string of the molecule is Cc1ccc(Oc2ccc(N3C(=S)N[C@H](c4ccccn4)[C@@H]3c3cc(C)n(C4CCCCC4)c3C)cc2)cc1. The van der Waals surface area contributed by atoms with Gasteiger partial charge in [0.25, 0.3) is 0 Å². The van der Waals surface area contributed by atoms with Gasteiger partial charge in [-0.1, -0.05) is 43.0 Å². The lowest BCUT2D eigenvalue weighted by molar-refractivity contribution is 0.345. The maximum absolute atomic E-state index is 6.10. The van der Waals surface area contributed by atoms with Crippen LogP contribution in [0, 0.1) is 20.8 Å². The van der Waals surface area contributed by atoms with Gasteiger partial charge in [-0.2, -0.15) is 0 Å². The van der Waals surface area contributed by atoms with E-state index in [-0.39, 0.29) is 12.1 Å². The Morgan fingerprint density at radius 2 is 1.56 bits per heavy atom. The van der Waals surface area contributed by atoms with Gasteiger partial charge in [-0.3, -0.25) is 4.98 Å². The molecule has 0 bridgehead atoms. The van der Waals surface area contributed by atoms with Crippen molar-refractivity contribution in [3.05, 3.63) is 107 Å². The summed E-state index contributed by atoms with van der Waals surface area (Å²) < 4.78 is 8.69. The number of aromatic nitrogens is 2. The molecule has 0 unspecified atom stereocenters. The number of nitrogens with zero attached hydrogens (tertiary/aromatic N) is 3. The molecule has 2 atom stereocenters. The Labute approximate surface area is 236 Å². The zero-order valence-electron chi connectivity index (χ0n) is 22.9. The third-order valence-electron chi connectivity index (χ3n) is 8.25. The zero-order valence-corrected chi connectivity index (χ0v) is 23.7. The van der Waals surface area contributed by atoms with Crippen LogP contribution in [0.15, 0.2) is 79.0 Å². The molecule has 0 amide bonds. The fourth-order valence-corrected chi connectivity index (χ4v) is 6.72. The molecule has 0 spiro atoms. The number of ether oxygens (including phenoxy) is 1. The predicted molar refractivity (Wildman–Crippen MR) is 162 cm³/mol. The molecule has 6 rings (SSSR count). The number of nitrogens with one attached hydrogen (secondary N) is 1. The van der Waals surface area contributed by atoms with Gasteiger partial charge in [0.05, 0.1) is 17.8 Å². The van der Waals surface area contributed by atoms with Crippen LogP contribution in [-0.2, 0) is 0 Å². The van der Waals surface area contributed by atoms with Crippen LogP contribution in [0.3, 0.4) is 0 Å². The number of anilines is 1. The molecule has 6 heteroatoms. The van der Waals surface area contributed by atoms with Crippen LogP contribution >= 0.6 is 12.2 Å². The van der Waals surface area contributed by atoms with E-state index in [4.69, 9.17) is 21.9 Å². The van der Waals surface area contributed by atoms with Gasteiger partial charge in [0, 0.05) is 29.3 Å². The Hall–Kier alpha value is -3.64. The van der Waals surface area contributed by atoms with Crippen LogP contribution in [-0.4, -0.2) is 14.7 Å². The molecule has 3 heterocycles. The van der Waals surface area contributed by atoms with Crippen molar-refractivity contribution >= 4 is 23.0 Å². The largest absolute Gasteiger partial charge is 0.457 e. The highest BCUT2D eigenvalue weighted by atomic mass is 32.1. The van der Waals surface area contributed by atoms with Gasteiger partial charge in [0.1, 0.15) is 11.5 Å². The second-order valence-corrected chi connectivity index (χ2v) is 11.3. The molecule has 4 aromatic rings. The minimum atomic E-state index is -0.0532. The van der Waals surface area contributed by atoms with Crippen molar-refractivity contribution in [1.29, 1.82) is 0 Å². The lowest BCUT2D eigenvalue weighted by Crippen LogP contribution is -2.29. The molecule has 39 heavy (non-hydrogen) atoms. The summed E-state index contributed by atoms with van der Waals surface area (Å²) in [5.41, 5.74) is 7.21. The number of hydrogen-bond acceptors (Lipinski definition) is 3. The van der Waals surface area contributed by atoms with E-state index in [0.717, 1.165) is 22.9 Å². The summed E-state index contributed by atoms with van der Waals surface area (Å²) in [6.45, 7) is 6.61. The molecule has 2 aliphatic rings. The van der Waals surface area contributed by atoms with Crippen molar-refractivity contribution in [3.63, 3.8) is 0 Å². The Morgan fingerprint density at radius 3 is 2.23 bits per heavy atom. The molecule has 1 saturated carbocycles. The first-order valence-corrected chi connectivity index (χ1v) is 14.4. The Bertz CT molecular complexity index is 1440. The average Bonchev–Trinajstić information content (AvgIpc) is 3.46. The number of rotatable bonds is 6. The van der Waals surface area contributed by atoms with Crippen molar-refractivity contribution in [2.75, 3.05) is 4.90 Å². The van der Waals surface area contributed by atoms with Gasteiger partial charge in [-0.15, -0.1) is 0 Å². The van der Waals surface area contributed by atoms with E-state index >= 15 is 0 Å². The summed E-state index contributed by atoms with van der Waals surface area (Å²) in [7, 11) is 0. The molecule has 1 aliphatic carbocycles. The van der Waals surface area contributed by atoms with Crippen LogP contribution in [0.4, 0.5) is 5.69 Å². The summed E-state index contributed by atoms with van der Waals surface area (Å²) in [6, 6.07) is 25.4. The lowest BCUT2D eigenvalue weighted by atomic mass is 9.94. The van der Waals surface area contributed by atoms with Gasteiger partial charge in [-0.05, 0) is 106 Å². The third-order valence-corrected chi connectivity index (χ3v) is 8.57. The first-order chi connectivity index (χ1) is 19.0. The van der Waals surface area contributed by atoms with E-state index in [9.17, 15) is 0 Å². The minimum absolute atomic E-state index is 0.0141. The molecule has 2 fully saturated rings. The Balaban J connectivity index is 1.37. The van der Waals surface area contributed by atoms with Crippen molar-refractivity contribution in [1.82, 2.24) is 14.9 Å². The topological polar surface area (TPSA) is 42.3 Å². The molecular weight excluding hydrogens is 500 g/mol. The van der Waals surface area contributed by atoms with E-state index < -0.39 is 0 Å². The molecule has 1 aliphatic heterocycles. The average molecular weight is 537 g/mol. The molecule has 2 aromatic carbocycles. The highest BCUT2D eigenvalue weighted by molar-refractivity contribution is 7.80. The zero-order chi connectivity index (χ0) is 26.9. The van der Waals surface area contributed by atoms with Gasteiger partial charge in [0.2, 0.25) is 0 Å². The molecule has 5 nitrogen and oxygen atoms in total. The fraction of sp³-hybridized carbons (Fsp3) is 0.333. The van der Waals surface area contributed by atoms with Gasteiger partial charge in [-0.25, -0.2) is 0 Å². The molecule has 200 valence electrons. The van der Waals surface area contributed by atoms with Crippen molar-refractivity contribution in [3.8, 4) is 11.5 Å². The first kappa shape index (κ1) is 25.6. The van der Waals surface area contributed by atoms with Crippen LogP contribution in [0.5, 0.6) is 11.5 Å². The van der Waals surface area contributed by atoms with Crippen molar-refractivity contribution in [2.24, 2.45) is 0 Å². The summed E-state index contributed by atoms with van der Waals surface area (Å²) in [6.07, 6.45) is 8.35. The van der Waals surface area contributed by atoms with Crippen LogP contribution < -0.4 is 15.0 Å². The monoisotopic (exact) mass is 536 g/mol. The van der Waals surface area contributed by atoms with Crippen LogP contribution in [0.2, 0.25) is 0 Å². The molecule has 1 N–H and O–H groups in total. The van der Waals surface area contributed by atoms with Gasteiger partial charge >= 0.3 is 0 Å². The summed E-state index contributed by atoms with van der Waals surface area (Å²) in [4.78, 5) is 7.00. The number of benzene rings is 2. The van der Waals surface area contributed by atoms with E-state index in [1.165, 1.54) is 54.6 Å². The quantitative estimate of drug-likeness (QED) is 0.251. The number of hydrogen-bond donors (Lipinski definition) is 1. The van der Waals surface area contributed by atoms with E-state index in [0.29, 0.717) is 11.2 Å². The van der Waals surface area contributed by atoms with E-state index in [2.05, 4.69) is 78.0 Å². The highest BCUT2D eigenvalue weighted by Gasteiger charge is 2.42. The maximum atomic E-state index is 6.10. The van der Waals surface area contributed by atoms with Crippen molar-refractivity contribution < 1.29 is 4.74 Å². The summed E-state index contributed by atoms with van der Waals surface area (Å²) >= 11 is 5.98. The highest BCUT2D eigenvalue weighted by Crippen LogP contribution is 2.45. The normalized spacial score (nSPS) is 19.8. The van der Waals surface area contributed by atoms with Crippen molar-refractivity contribution in [2.45, 2.75) is 71.0 Å². The van der Waals surface area contributed by atoms with E-state index in [1.54, 1.807) is 0 Å². The summed E-state index contributed by atoms with van der Waals surface area (Å²) in [5.74, 6) is 1.63. The van der Waals surface area contributed by atoms with E-state index in [1.807, 2.05) is 36.5 Å². The fourth-order valence-electron chi connectivity index (χ4n) is 6.37. The summed E-state index contributed by atoms with van der Waals surface area (Å²) in [5, 5.41) is 4.33. The second kappa shape index (κ2) is 10.9.